The lowest BCUT2D eigenvalue weighted by Crippen LogP contribution is -2.25. The molecular weight excluding hydrogens is 288 g/mol. The zero-order chi connectivity index (χ0) is 15.7. The molecule has 2 rings (SSSR count). The summed E-state index contributed by atoms with van der Waals surface area (Å²) >= 11 is 6.35. The molecule has 6 heteroatoms. The molecule has 0 radical (unpaired) electrons. The molecule has 0 fully saturated rings. The topological polar surface area (TPSA) is 64.2 Å². The van der Waals surface area contributed by atoms with E-state index in [2.05, 4.69) is 4.98 Å². The lowest BCUT2D eigenvalue weighted by atomic mass is 10.1. The summed E-state index contributed by atoms with van der Waals surface area (Å²) in [6.45, 7) is 1.92. The Balaban J connectivity index is 2.67. The number of hydrogen-bond donors (Lipinski definition) is 1. The van der Waals surface area contributed by atoms with Crippen LogP contribution in [0.5, 0.6) is 0 Å². The van der Waals surface area contributed by atoms with Gasteiger partial charge in [0.05, 0.1) is 10.7 Å². The van der Waals surface area contributed by atoms with Gasteiger partial charge >= 0.3 is 0 Å². The fraction of sp³-hybridized carbons (Fsp3) is 0.333. The maximum Gasteiger partial charge on any atom is 0.276 e. The van der Waals surface area contributed by atoms with E-state index in [9.17, 15) is 4.79 Å². The molecule has 2 aromatic rings. The summed E-state index contributed by atoms with van der Waals surface area (Å²) in [5, 5.41) is 0.551. The maximum atomic E-state index is 12.2. The van der Waals surface area contributed by atoms with Gasteiger partial charge in [-0.2, -0.15) is 0 Å². The molecule has 0 saturated carbocycles. The first-order valence-electron chi connectivity index (χ1n) is 6.69. The first-order chi connectivity index (χ1) is 9.86. The highest BCUT2D eigenvalue weighted by molar-refractivity contribution is 6.33. The molecule has 5 nitrogen and oxygen atoms in total. The van der Waals surface area contributed by atoms with Crippen molar-refractivity contribution in [2.45, 2.75) is 13.3 Å². The van der Waals surface area contributed by atoms with Gasteiger partial charge in [0.15, 0.2) is 0 Å². The van der Waals surface area contributed by atoms with Gasteiger partial charge in [-0.1, -0.05) is 18.5 Å². The Bertz CT molecular complexity index is 737. The number of nitrogen functional groups attached to an aromatic ring is 1. The standard InChI is InChI=1S/C15H19ClN4O/c1-5-12-13(17)15(21)20(4)14(18-12)10-7-6-9(19(2)3)8-11(10)16/h6-8H,5,17H2,1-4H3. The predicted molar refractivity (Wildman–Crippen MR) is 88.0 cm³/mol. The van der Waals surface area contributed by atoms with Crippen molar-refractivity contribution in [3.8, 4) is 11.4 Å². The van der Waals surface area contributed by atoms with E-state index in [1.54, 1.807) is 7.05 Å². The number of benzene rings is 1. The van der Waals surface area contributed by atoms with Crippen LogP contribution in [0.4, 0.5) is 11.4 Å². The van der Waals surface area contributed by atoms with Crippen LogP contribution in [0.15, 0.2) is 23.0 Å². The van der Waals surface area contributed by atoms with Crippen LogP contribution in [-0.4, -0.2) is 23.6 Å². The second kappa shape index (κ2) is 5.77. The highest BCUT2D eigenvalue weighted by atomic mass is 35.5. The average molecular weight is 307 g/mol. The minimum Gasteiger partial charge on any atom is -0.393 e. The third-order valence-electron chi connectivity index (χ3n) is 3.45. The van der Waals surface area contributed by atoms with Crippen molar-refractivity contribution in [2.75, 3.05) is 24.7 Å². The SMILES string of the molecule is CCc1nc(-c2ccc(N(C)C)cc2Cl)n(C)c(=O)c1N. The van der Waals surface area contributed by atoms with Gasteiger partial charge in [0.25, 0.3) is 5.56 Å². The third kappa shape index (κ3) is 2.74. The lowest BCUT2D eigenvalue weighted by Gasteiger charge is -2.16. The Morgan fingerprint density at radius 2 is 2.05 bits per heavy atom. The molecule has 0 saturated heterocycles. The minimum absolute atomic E-state index is 0.199. The Morgan fingerprint density at radius 1 is 1.38 bits per heavy atom. The number of hydrogen-bond acceptors (Lipinski definition) is 4. The normalized spacial score (nSPS) is 10.7. The zero-order valence-electron chi connectivity index (χ0n) is 12.6. The molecule has 0 unspecified atom stereocenters. The Morgan fingerprint density at radius 3 is 2.57 bits per heavy atom. The van der Waals surface area contributed by atoms with Crippen LogP contribution in [-0.2, 0) is 13.5 Å². The number of rotatable bonds is 3. The zero-order valence-corrected chi connectivity index (χ0v) is 13.4. The molecule has 112 valence electrons. The largest absolute Gasteiger partial charge is 0.393 e. The van der Waals surface area contributed by atoms with Gasteiger partial charge in [-0.3, -0.25) is 9.36 Å². The molecule has 0 aliphatic carbocycles. The quantitative estimate of drug-likeness (QED) is 0.945. The van der Waals surface area contributed by atoms with Gasteiger partial charge in [0.2, 0.25) is 0 Å². The van der Waals surface area contributed by atoms with Crippen LogP contribution in [0, 0.1) is 0 Å². The number of aromatic nitrogens is 2. The molecule has 0 aliphatic heterocycles. The van der Waals surface area contributed by atoms with Crippen molar-refractivity contribution in [3.05, 3.63) is 39.3 Å². The second-order valence-electron chi connectivity index (χ2n) is 5.07. The molecular formula is C15H19ClN4O. The Hall–Kier alpha value is -2.01. The smallest absolute Gasteiger partial charge is 0.276 e. The molecule has 0 aliphatic rings. The lowest BCUT2D eigenvalue weighted by molar-refractivity contribution is 0.821. The highest BCUT2D eigenvalue weighted by Gasteiger charge is 2.15. The highest BCUT2D eigenvalue weighted by Crippen LogP contribution is 2.30. The van der Waals surface area contributed by atoms with Gasteiger partial charge in [-0.15, -0.1) is 0 Å². The molecule has 21 heavy (non-hydrogen) atoms. The summed E-state index contributed by atoms with van der Waals surface area (Å²) < 4.78 is 1.44. The van der Waals surface area contributed by atoms with Crippen molar-refractivity contribution < 1.29 is 0 Å². The van der Waals surface area contributed by atoms with Crippen LogP contribution in [0.25, 0.3) is 11.4 Å². The number of nitrogens with zero attached hydrogens (tertiary/aromatic N) is 3. The van der Waals surface area contributed by atoms with Crippen molar-refractivity contribution >= 4 is 23.0 Å². The van der Waals surface area contributed by atoms with E-state index >= 15 is 0 Å². The van der Waals surface area contributed by atoms with Gasteiger partial charge in [-0.05, 0) is 24.6 Å². The number of halogens is 1. The van der Waals surface area contributed by atoms with Crippen LogP contribution in [0.2, 0.25) is 5.02 Å². The van der Waals surface area contributed by atoms with Crippen molar-refractivity contribution in [1.29, 1.82) is 0 Å². The van der Waals surface area contributed by atoms with Crippen LogP contribution >= 0.6 is 11.6 Å². The fourth-order valence-electron chi connectivity index (χ4n) is 2.14. The average Bonchev–Trinajstić information content (AvgIpc) is 2.45. The molecule has 0 atom stereocenters. The van der Waals surface area contributed by atoms with E-state index in [1.165, 1.54) is 4.57 Å². The van der Waals surface area contributed by atoms with Gasteiger partial charge in [-0.25, -0.2) is 4.98 Å². The molecule has 0 spiro atoms. The Labute approximate surface area is 129 Å². The van der Waals surface area contributed by atoms with E-state index < -0.39 is 0 Å². The summed E-state index contributed by atoms with van der Waals surface area (Å²) in [5.74, 6) is 0.529. The van der Waals surface area contributed by atoms with E-state index in [-0.39, 0.29) is 11.2 Å². The number of anilines is 2. The first kappa shape index (κ1) is 15.4. The van der Waals surface area contributed by atoms with Crippen molar-refractivity contribution in [1.82, 2.24) is 9.55 Å². The van der Waals surface area contributed by atoms with Gasteiger partial charge in [0, 0.05) is 32.4 Å². The van der Waals surface area contributed by atoms with Crippen molar-refractivity contribution in [2.24, 2.45) is 7.05 Å². The monoisotopic (exact) mass is 306 g/mol. The van der Waals surface area contributed by atoms with Gasteiger partial charge in [0.1, 0.15) is 11.5 Å². The summed E-state index contributed by atoms with van der Waals surface area (Å²) in [4.78, 5) is 18.6. The number of aryl methyl sites for hydroxylation is 1. The molecule has 0 bridgehead atoms. The van der Waals surface area contributed by atoms with Crippen LogP contribution in [0.3, 0.4) is 0 Å². The molecule has 1 aromatic heterocycles. The Kier molecular flexibility index (Phi) is 4.23. The molecule has 2 N–H and O–H groups in total. The van der Waals surface area contributed by atoms with Gasteiger partial charge < -0.3 is 10.6 Å². The summed E-state index contributed by atoms with van der Waals surface area (Å²) in [5.41, 5.74) is 8.06. The predicted octanol–water partition coefficient (Wildman–Crippen LogP) is 2.31. The van der Waals surface area contributed by atoms with E-state index in [0.717, 1.165) is 11.3 Å². The molecule has 1 aromatic carbocycles. The minimum atomic E-state index is -0.246. The fourth-order valence-corrected chi connectivity index (χ4v) is 2.40. The molecule has 0 amide bonds. The first-order valence-corrected chi connectivity index (χ1v) is 7.07. The van der Waals surface area contributed by atoms with Crippen LogP contribution in [0.1, 0.15) is 12.6 Å². The molecule has 1 heterocycles. The van der Waals surface area contributed by atoms with Crippen LogP contribution < -0.4 is 16.2 Å². The third-order valence-corrected chi connectivity index (χ3v) is 3.76. The summed E-state index contributed by atoms with van der Waals surface area (Å²) in [7, 11) is 5.53. The number of nitrogens with two attached hydrogens (primary N) is 1. The van der Waals surface area contributed by atoms with E-state index in [4.69, 9.17) is 17.3 Å². The second-order valence-corrected chi connectivity index (χ2v) is 5.48. The van der Waals surface area contributed by atoms with E-state index in [0.29, 0.717) is 23.0 Å². The summed E-state index contributed by atoms with van der Waals surface area (Å²) in [6, 6.07) is 5.66. The van der Waals surface area contributed by atoms with Crippen molar-refractivity contribution in [3.63, 3.8) is 0 Å². The van der Waals surface area contributed by atoms with E-state index in [1.807, 2.05) is 44.1 Å². The maximum absolute atomic E-state index is 12.2. The summed E-state index contributed by atoms with van der Waals surface area (Å²) in [6.07, 6.45) is 0.600.